The number of imidazole rings is 1. The smallest absolute Gasteiger partial charge is 0.255 e. The van der Waals surface area contributed by atoms with Gasteiger partial charge in [-0.25, -0.2) is 19.3 Å². The van der Waals surface area contributed by atoms with E-state index in [1.807, 2.05) is 31.5 Å². The fourth-order valence-corrected chi connectivity index (χ4v) is 2.89. The van der Waals surface area contributed by atoms with E-state index in [1.165, 1.54) is 12.1 Å². The van der Waals surface area contributed by atoms with E-state index in [4.69, 9.17) is 0 Å². The van der Waals surface area contributed by atoms with Crippen LogP contribution in [0.15, 0.2) is 24.5 Å². The zero-order valence-corrected chi connectivity index (χ0v) is 15.5. The van der Waals surface area contributed by atoms with Crippen molar-refractivity contribution >= 4 is 16.9 Å². The Morgan fingerprint density at radius 3 is 2.62 bits per heavy atom. The van der Waals surface area contributed by atoms with Gasteiger partial charge in [0.1, 0.15) is 17.2 Å². The number of hydrogen-bond donors (Lipinski definition) is 0. The first-order valence-corrected chi connectivity index (χ1v) is 8.54. The van der Waals surface area contributed by atoms with Crippen molar-refractivity contribution in [1.29, 1.82) is 0 Å². The lowest BCUT2D eigenvalue weighted by Crippen LogP contribution is -2.29. The number of amides is 1. The van der Waals surface area contributed by atoms with E-state index in [9.17, 15) is 9.18 Å². The predicted octanol–water partition coefficient (Wildman–Crippen LogP) is 3.05. The van der Waals surface area contributed by atoms with Crippen molar-refractivity contribution in [3.63, 3.8) is 0 Å². The van der Waals surface area contributed by atoms with Gasteiger partial charge in [-0.05, 0) is 33.3 Å². The molecule has 3 aromatic rings. The average molecular weight is 355 g/mol. The van der Waals surface area contributed by atoms with Gasteiger partial charge in [-0.2, -0.15) is 0 Å². The molecule has 26 heavy (non-hydrogen) atoms. The minimum atomic E-state index is -0.485. The van der Waals surface area contributed by atoms with Crippen LogP contribution in [-0.4, -0.2) is 43.9 Å². The molecule has 0 bridgehead atoms. The van der Waals surface area contributed by atoms with Crippen LogP contribution in [0.2, 0.25) is 0 Å². The monoisotopic (exact) mass is 355 g/mol. The molecule has 1 amide bonds. The van der Waals surface area contributed by atoms with E-state index >= 15 is 0 Å². The molecule has 136 valence electrons. The predicted molar refractivity (Wildman–Crippen MR) is 97.5 cm³/mol. The van der Waals surface area contributed by atoms with Gasteiger partial charge in [-0.15, -0.1) is 0 Å². The van der Waals surface area contributed by atoms with Crippen LogP contribution in [0.4, 0.5) is 4.39 Å². The quantitative estimate of drug-likeness (QED) is 0.706. The summed E-state index contributed by atoms with van der Waals surface area (Å²) in [6.07, 6.45) is 4.44. The highest BCUT2D eigenvalue weighted by molar-refractivity contribution is 6.04. The van der Waals surface area contributed by atoms with Gasteiger partial charge in [-0.3, -0.25) is 4.79 Å². The van der Waals surface area contributed by atoms with Crippen LogP contribution in [0.1, 0.15) is 34.0 Å². The number of hydrogen-bond acceptors (Lipinski definition) is 4. The minimum absolute atomic E-state index is 0.247. The fraction of sp³-hybridized carbons (Fsp3) is 0.368. The third kappa shape index (κ3) is 3.56. The molecule has 0 radical (unpaired) electrons. The third-order valence-electron chi connectivity index (χ3n) is 4.54. The maximum atomic E-state index is 14.0. The van der Waals surface area contributed by atoms with Crippen LogP contribution in [0.3, 0.4) is 0 Å². The van der Waals surface area contributed by atoms with Crippen molar-refractivity contribution in [3.05, 3.63) is 53.1 Å². The Morgan fingerprint density at radius 1 is 1.19 bits per heavy atom. The first-order valence-electron chi connectivity index (χ1n) is 8.54. The lowest BCUT2D eigenvalue weighted by atomic mass is 10.1. The molecule has 2 heterocycles. The number of fused-ring (bicyclic) bond motifs is 1. The van der Waals surface area contributed by atoms with E-state index in [0.717, 1.165) is 30.2 Å². The molecule has 2 aromatic heterocycles. The zero-order valence-electron chi connectivity index (χ0n) is 15.5. The van der Waals surface area contributed by atoms with Crippen molar-refractivity contribution < 1.29 is 9.18 Å². The minimum Gasteiger partial charge on any atom is -0.342 e. The summed E-state index contributed by atoms with van der Waals surface area (Å²) in [6.45, 7) is 6.91. The molecular weight excluding hydrogens is 333 g/mol. The Balaban J connectivity index is 1.80. The molecule has 6 nitrogen and oxygen atoms in total. The third-order valence-corrected chi connectivity index (χ3v) is 4.54. The van der Waals surface area contributed by atoms with Crippen molar-refractivity contribution in [3.8, 4) is 0 Å². The standard InChI is InChI=1S/C19H22FN5O/c1-12-13(2)23-18-16(10-15(20)11-17(18)22-12)19(26)24(4)7-5-8-25-9-6-21-14(25)3/h6,9-11H,5,7-8H2,1-4H3. The molecule has 0 N–H and O–H groups in total. The molecular formula is C19H22FN5O. The zero-order chi connectivity index (χ0) is 18.8. The van der Waals surface area contributed by atoms with Crippen LogP contribution in [0.5, 0.6) is 0 Å². The molecule has 0 fully saturated rings. The summed E-state index contributed by atoms with van der Waals surface area (Å²) in [5, 5.41) is 0. The largest absolute Gasteiger partial charge is 0.342 e. The maximum Gasteiger partial charge on any atom is 0.255 e. The Labute approximate surface area is 151 Å². The van der Waals surface area contributed by atoms with E-state index in [1.54, 1.807) is 18.1 Å². The van der Waals surface area contributed by atoms with Gasteiger partial charge in [0.05, 0.1) is 22.5 Å². The number of halogens is 1. The first-order chi connectivity index (χ1) is 12.4. The van der Waals surface area contributed by atoms with Crippen molar-refractivity contribution in [2.45, 2.75) is 33.7 Å². The lowest BCUT2D eigenvalue weighted by Gasteiger charge is -2.18. The van der Waals surface area contributed by atoms with Crippen LogP contribution < -0.4 is 0 Å². The molecule has 0 saturated heterocycles. The van der Waals surface area contributed by atoms with Crippen molar-refractivity contribution in [2.75, 3.05) is 13.6 Å². The molecule has 1 aromatic carbocycles. The molecule has 0 unspecified atom stereocenters. The van der Waals surface area contributed by atoms with Gasteiger partial charge in [0, 0.05) is 38.6 Å². The summed E-state index contributed by atoms with van der Waals surface area (Å²) < 4.78 is 16.0. The number of rotatable bonds is 5. The molecule has 7 heteroatoms. The Bertz CT molecular complexity index is 966. The normalized spacial score (nSPS) is 11.1. The first kappa shape index (κ1) is 18.0. The Morgan fingerprint density at radius 2 is 1.92 bits per heavy atom. The number of benzene rings is 1. The molecule has 0 atom stereocenters. The van der Waals surface area contributed by atoms with Crippen LogP contribution >= 0.6 is 0 Å². The molecule has 0 aliphatic heterocycles. The molecule has 0 spiro atoms. The van der Waals surface area contributed by atoms with Gasteiger partial charge in [0.2, 0.25) is 0 Å². The van der Waals surface area contributed by atoms with E-state index in [-0.39, 0.29) is 11.5 Å². The lowest BCUT2D eigenvalue weighted by molar-refractivity contribution is 0.0793. The topological polar surface area (TPSA) is 63.9 Å². The van der Waals surface area contributed by atoms with Crippen LogP contribution in [0, 0.1) is 26.6 Å². The van der Waals surface area contributed by atoms with E-state index in [0.29, 0.717) is 17.6 Å². The molecule has 3 rings (SSSR count). The second-order valence-electron chi connectivity index (χ2n) is 6.46. The van der Waals surface area contributed by atoms with Crippen LogP contribution in [-0.2, 0) is 6.54 Å². The second-order valence-corrected chi connectivity index (χ2v) is 6.46. The van der Waals surface area contributed by atoms with Crippen LogP contribution in [0.25, 0.3) is 11.0 Å². The van der Waals surface area contributed by atoms with Gasteiger partial charge < -0.3 is 9.47 Å². The number of aryl methyl sites for hydroxylation is 4. The summed E-state index contributed by atoms with van der Waals surface area (Å²) in [6, 6.07) is 2.55. The highest BCUT2D eigenvalue weighted by Crippen LogP contribution is 2.20. The number of nitrogens with zero attached hydrogens (tertiary/aromatic N) is 5. The molecule has 0 aliphatic carbocycles. The van der Waals surface area contributed by atoms with Crippen molar-refractivity contribution in [2.24, 2.45) is 0 Å². The average Bonchev–Trinajstić information content (AvgIpc) is 3.00. The summed E-state index contributed by atoms with van der Waals surface area (Å²) in [4.78, 5) is 27.4. The summed E-state index contributed by atoms with van der Waals surface area (Å²) in [5.74, 6) is 0.200. The van der Waals surface area contributed by atoms with Gasteiger partial charge in [0.15, 0.2) is 0 Å². The van der Waals surface area contributed by atoms with Gasteiger partial charge in [0.25, 0.3) is 5.91 Å². The molecule has 0 saturated carbocycles. The molecule has 0 aliphatic rings. The number of carbonyl (C=O) groups is 1. The van der Waals surface area contributed by atoms with E-state index < -0.39 is 5.82 Å². The van der Waals surface area contributed by atoms with Gasteiger partial charge >= 0.3 is 0 Å². The SMILES string of the molecule is Cc1nc2cc(F)cc(C(=O)N(C)CCCn3ccnc3C)c2nc1C. The highest BCUT2D eigenvalue weighted by atomic mass is 19.1. The fourth-order valence-electron chi connectivity index (χ4n) is 2.89. The Kier molecular flexibility index (Phi) is 4.97. The van der Waals surface area contributed by atoms with E-state index in [2.05, 4.69) is 15.0 Å². The second kappa shape index (κ2) is 7.19. The number of carbonyl (C=O) groups excluding carboxylic acids is 1. The van der Waals surface area contributed by atoms with Crippen molar-refractivity contribution in [1.82, 2.24) is 24.4 Å². The summed E-state index contributed by atoms with van der Waals surface area (Å²) >= 11 is 0. The maximum absolute atomic E-state index is 14.0. The van der Waals surface area contributed by atoms with Gasteiger partial charge in [-0.1, -0.05) is 0 Å². The highest BCUT2D eigenvalue weighted by Gasteiger charge is 2.18. The summed E-state index contributed by atoms with van der Waals surface area (Å²) in [7, 11) is 1.72. The summed E-state index contributed by atoms with van der Waals surface area (Å²) in [5.41, 5.74) is 2.55. The Hall–Kier alpha value is -2.83. The number of aromatic nitrogens is 4.